The first-order valence-corrected chi connectivity index (χ1v) is 7.46. The molecule has 0 saturated heterocycles. The van der Waals surface area contributed by atoms with Gasteiger partial charge in [-0.15, -0.1) is 11.3 Å². The van der Waals surface area contributed by atoms with Crippen LogP contribution in [0.15, 0.2) is 11.4 Å². The summed E-state index contributed by atoms with van der Waals surface area (Å²) in [6.45, 7) is 10.0. The van der Waals surface area contributed by atoms with Gasteiger partial charge in [0.05, 0.1) is 9.90 Å². The van der Waals surface area contributed by atoms with Gasteiger partial charge in [-0.1, -0.05) is 17.7 Å². The lowest BCUT2D eigenvalue weighted by atomic mass is 9.91. The van der Waals surface area contributed by atoms with Crippen molar-refractivity contribution in [1.29, 1.82) is 0 Å². The van der Waals surface area contributed by atoms with Crippen LogP contribution < -0.4 is 0 Å². The van der Waals surface area contributed by atoms with E-state index in [1.165, 1.54) is 11.3 Å². The van der Waals surface area contributed by atoms with Gasteiger partial charge in [0.25, 0.3) is 0 Å². The van der Waals surface area contributed by atoms with Crippen LogP contribution in [0.2, 0.25) is 5.02 Å². The van der Waals surface area contributed by atoms with Crippen LogP contribution in [0.4, 0.5) is 0 Å². The summed E-state index contributed by atoms with van der Waals surface area (Å²) in [5.41, 5.74) is 6.17. The Bertz CT molecular complexity index is 642. The predicted molar refractivity (Wildman–Crippen MR) is 82.9 cm³/mol. The van der Waals surface area contributed by atoms with E-state index >= 15 is 0 Å². The molecule has 0 aliphatic rings. The van der Waals surface area contributed by atoms with Crippen molar-refractivity contribution in [2.75, 3.05) is 0 Å². The standard InChI is InChI=1S/C16H17ClOS/c1-8-6-9(2)12(5)13(11(8)4)15(18)16-14(17)10(3)7-19-16/h6-7H,1-5H3. The van der Waals surface area contributed by atoms with Crippen LogP contribution in [-0.2, 0) is 0 Å². The molecule has 2 rings (SSSR count). The summed E-state index contributed by atoms with van der Waals surface area (Å²) < 4.78 is 0. The maximum Gasteiger partial charge on any atom is 0.205 e. The summed E-state index contributed by atoms with van der Waals surface area (Å²) in [5.74, 6) is 0.0462. The third-order valence-electron chi connectivity index (χ3n) is 3.70. The van der Waals surface area contributed by atoms with Crippen molar-refractivity contribution in [1.82, 2.24) is 0 Å². The van der Waals surface area contributed by atoms with E-state index in [2.05, 4.69) is 6.07 Å². The van der Waals surface area contributed by atoms with Crippen molar-refractivity contribution < 1.29 is 4.79 Å². The van der Waals surface area contributed by atoms with E-state index in [0.717, 1.165) is 33.4 Å². The van der Waals surface area contributed by atoms with E-state index in [9.17, 15) is 4.79 Å². The van der Waals surface area contributed by atoms with Crippen molar-refractivity contribution in [3.05, 3.63) is 54.7 Å². The summed E-state index contributed by atoms with van der Waals surface area (Å²) >= 11 is 7.65. The average Bonchev–Trinajstić information content (AvgIpc) is 2.68. The molecular weight excluding hydrogens is 276 g/mol. The highest BCUT2D eigenvalue weighted by Crippen LogP contribution is 2.32. The van der Waals surface area contributed by atoms with Gasteiger partial charge in [-0.05, 0) is 67.8 Å². The molecule has 100 valence electrons. The highest BCUT2D eigenvalue weighted by atomic mass is 35.5. The third kappa shape index (κ3) is 2.35. The zero-order valence-electron chi connectivity index (χ0n) is 11.8. The molecule has 0 radical (unpaired) electrons. The molecule has 19 heavy (non-hydrogen) atoms. The van der Waals surface area contributed by atoms with E-state index in [-0.39, 0.29) is 5.78 Å². The Hall–Kier alpha value is -1.12. The molecule has 0 amide bonds. The fourth-order valence-electron chi connectivity index (χ4n) is 2.25. The van der Waals surface area contributed by atoms with E-state index in [0.29, 0.717) is 9.90 Å². The Balaban J connectivity index is 2.66. The fraction of sp³-hybridized carbons (Fsp3) is 0.312. The lowest BCUT2D eigenvalue weighted by Gasteiger charge is -2.13. The van der Waals surface area contributed by atoms with Gasteiger partial charge in [-0.25, -0.2) is 0 Å². The second-order valence-corrected chi connectivity index (χ2v) is 6.28. The summed E-state index contributed by atoms with van der Waals surface area (Å²) in [6.07, 6.45) is 0. The largest absolute Gasteiger partial charge is 0.288 e. The van der Waals surface area contributed by atoms with Gasteiger partial charge >= 0.3 is 0 Å². The smallest absolute Gasteiger partial charge is 0.205 e. The number of halogens is 1. The van der Waals surface area contributed by atoms with E-state index in [4.69, 9.17) is 11.6 Å². The van der Waals surface area contributed by atoms with E-state index in [1.54, 1.807) is 0 Å². The number of carbonyl (C=O) groups is 1. The minimum Gasteiger partial charge on any atom is -0.288 e. The van der Waals surface area contributed by atoms with Crippen molar-refractivity contribution >= 4 is 28.7 Å². The summed E-state index contributed by atoms with van der Waals surface area (Å²) in [7, 11) is 0. The van der Waals surface area contributed by atoms with Crippen LogP contribution in [0.1, 0.15) is 43.1 Å². The topological polar surface area (TPSA) is 17.1 Å². The normalized spacial score (nSPS) is 10.8. The Morgan fingerprint density at radius 2 is 1.53 bits per heavy atom. The second-order valence-electron chi connectivity index (χ2n) is 5.03. The lowest BCUT2D eigenvalue weighted by Crippen LogP contribution is -2.08. The number of hydrogen-bond donors (Lipinski definition) is 0. The maximum absolute atomic E-state index is 12.8. The first kappa shape index (κ1) is 14.3. The highest BCUT2D eigenvalue weighted by molar-refractivity contribution is 7.13. The van der Waals surface area contributed by atoms with Gasteiger partial charge in [0, 0.05) is 5.56 Å². The lowest BCUT2D eigenvalue weighted by molar-refractivity contribution is 0.104. The van der Waals surface area contributed by atoms with Crippen LogP contribution in [0.25, 0.3) is 0 Å². The Morgan fingerprint density at radius 1 is 1.00 bits per heavy atom. The molecule has 1 heterocycles. The molecule has 2 aromatic rings. The molecule has 0 saturated carbocycles. The molecule has 0 fully saturated rings. The number of thiophene rings is 1. The minimum atomic E-state index is 0.0462. The van der Waals surface area contributed by atoms with Crippen molar-refractivity contribution in [2.24, 2.45) is 0 Å². The maximum atomic E-state index is 12.8. The monoisotopic (exact) mass is 292 g/mol. The van der Waals surface area contributed by atoms with E-state index in [1.807, 2.05) is 40.0 Å². The number of hydrogen-bond acceptors (Lipinski definition) is 2. The molecule has 0 N–H and O–H groups in total. The van der Waals surface area contributed by atoms with E-state index < -0.39 is 0 Å². The van der Waals surface area contributed by atoms with Crippen LogP contribution in [0, 0.1) is 34.6 Å². The van der Waals surface area contributed by atoms with Crippen molar-refractivity contribution in [3.63, 3.8) is 0 Å². The zero-order valence-corrected chi connectivity index (χ0v) is 13.4. The van der Waals surface area contributed by atoms with Gasteiger partial charge in [-0.3, -0.25) is 4.79 Å². The molecule has 0 unspecified atom stereocenters. The number of carbonyl (C=O) groups excluding carboxylic acids is 1. The molecule has 1 aromatic heterocycles. The molecule has 1 nitrogen and oxygen atoms in total. The molecule has 0 aliphatic carbocycles. The van der Waals surface area contributed by atoms with Gasteiger partial charge in [-0.2, -0.15) is 0 Å². The summed E-state index contributed by atoms with van der Waals surface area (Å²) in [4.78, 5) is 13.4. The quantitative estimate of drug-likeness (QED) is 0.698. The summed E-state index contributed by atoms with van der Waals surface area (Å²) in [5, 5.41) is 2.52. The van der Waals surface area contributed by atoms with Crippen LogP contribution in [-0.4, -0.2) is 5.78 Å². The predicted octanol–water partition coefficient (Wildman–Crippen LogP) is 5.17. The number of benzene rings is 1. The zero-order chi connectivity index (χ0) is 14.3. The van der Waals surface area contributed by atoms with Crippen LogP contribution in [0.5, 0.6) is 0 Å². The van der Waals surface area contributed by atoms with Crippen LogP contribution >= 0.6 is 22.9 Å². The molecule has 0 spiro atoms. The van der Waals surface area contributed by atoms with Gasteiger partial charge in [0.1, 0.15) is 0 Å². The number of ketones is 1. The number of rotatable bonds is 2. The minimum absolute atomic E-state index is 0.0462. The Kier molecular flexibility index (Phi) is 3.84. The second kappa shape index (κ2) is 5.10. The third-order valence-corrected chi connectivity index (χ3v) is 5.39. The van der Waals surface area contributed by atoms with Crippen molar-refractivity contribution in [2.45, 2.75) is 34.6 Å². The first-order chi connectivity index (χ1) is 8.84. The van der Waals surface area contributed by atoms with Crippen LogP contribution in [0.3, 0.4) is 0 Å². The van der Waals surface area contributed by atoms with Gasteiger partial charge in [0.2, 0.25) is 5.78 Å². The molecule has 0 bridgehead atoms. The first-order valence-electron chi connectivity index (χ1n) is 6.20. The number of aryl methyl sites for hydroxylation is 3. The Morgan fingerprint density at radius 3 is 1.95 bits per heavy atom. The molecule has 3 heteroatoms. The van der Waals surface area contributed by atoms with Gasteiger partial charge in [0.15, 0.2) is 0 Å². The fourth-order valence-corrected chi connectivity index (χ4v) is 3.48. The highest BCUT2D eigenvalue weighted by Gasteiger charge is 2.21. The molecule has 0 aliphatic heterocycles. The molecular formula is C16H17ClOS. The SMILES string of the molecule is Cc1cc(C)c(C)c(C(=O)c2scc(C)c2Cl)c1C. The Labute approximate surface area is 123 Å². The van der Waals surface area contributed by atoms with Crippen molar-refractivity contribution in [3.8, 4) is 0 Å². The van der Waals surface area contributed by atoms with Gasteiger partial charge < -0.3 is 0 Å². The molecule has 1 aromatic carbocycles. The summed E-state index contributed by atoms with van der Waals surface area (Å²) in [6, 6.07) is 2.13. The molecule has 0 atom stereocenters. The average molecular weight is 293 g/mol.